The molecule has 2 aliphatic heterocycles. The van der Waals surface area contributed by atoms with Crippen molar-refractivity contribution >= 4 is 5.78 Å². The first-order valence-electron chi connectivity index (χ1n) is 7.33. The molecule has 0 aromatic rings. The average molecular weight is 296 g/mol. The number of Topliss-reactive ketones (excluding diaryl/α,β-unsaturated/α-hetero) is 1. The monoisotopic (exact) mass is 296 g/mol. The molecule has 0 aromatic heterocycles. The molecule has 116 valence electrons. The second-order valence-corrected chi connectivity index (χ2v) is 7.07. The fourth-order valence-corrected chi connectivity index (χ4v) is 5.02. The molecule has 2 aliphatic carbocycles. The van der Waals surface area contributed by atoms with E-state index in [0.717, 1.165) is 0 Å². The van der Waals surface area contributed by atoms with Gasteiger partial charge in [-0.1, -0.05) is 6.92 Å². The van der Waals surface area contributed by atoms with Crippen molar-refractivity contribution in [2.75, 3.05) is 13.2 Å². The number of ether oxygens (including phenoxy) is 2. The Morgan fingerprint density at radius 2 is 2.10 bits per heavy atom. The van der Waals surface area contributed by atoms with E-state index in [4.69, 9.17) is 9.47 Å². The third-order valence-electron chi connectivity index (χ3n) is 6.43. The van der Waals surface area contributed by atoms with Crippen molar-refractivity contribution in [2.24, 2.45) is 10.8 Å². The Morgan fingerprint density at radius 1 is 1.43 bits per heavy atom. The van der Waals surface area contributed by atoms with Crippen molar-refractivity contribution in [3.63, 3.8) is 0 Å². The van der Waals surface area contributed by atoms with Gasteiger partial charge in [0.05, 0.1) is 30.8 Å². The molecule has 6 nitrogen and oxygen atoms in total. The van der Waals surface area contributed by atoms with Gasteiger partial charge in [-0.3, -0.25) is 4.79 Å². The molecule has 2 bridgehead atoms. The molecule has 3 fully saturated rings. The SMILES string of the molecule is CC1=CC2OC3[C@H](O)C[C@@](C)(C34CO4)[C@@]2(CO)[C@H](O)C1=O. The zero-order valence-corrected chi connectivity index (χ0v) is 12.1. The minimum atomic E-state index is -1.35. The van der Waals surface area contributed by atoms with Gasteiger partial charge in [0.1, 0.15) is 17.8 Å². The van der Waals surface area contributed by atoms with Crippen LogP contribution in [-0.4, -0.2) is 64.3 Å². The third-order valence-corrected chi connectivity index (χ3v) is 6.43. The van der Waals surface area contributed by atoms with E-state index >= 15 is 0 Å². The van der Waals surface area contributed by atoms with Crippen LogP contribution < -0.4 is 0 Å². The number of carbonyl (C=O) groups is 1. The summed E-state index contributed by atoms with van der Waals surface area (Å²) in [5.41, 5.74) is -2.16. The zero-order chi connectivity index (χ0) is 15.2. The van der Waals surface area contributed by atoms with E-state index in [0.29, 0.717) is 18.6 Å². The van der Waals surface area contributed by atoms with Crippen LogP contribution in [0.2, 0.25) is 0 Å². The first kappa shape index (κ1) is 13.8. The van der Waals surface area contributed by atoms with Gasteiger partial charge in [0, 0.05) is 5.41 Å². The van der Waals surface area contributed by atoms with Gasteiger partial charge >= 0.3 is 0 Å². The number of hydrogen-bond donors (Lipinski definition) is 3. The van der Waals surface area contributed by atoms with E-state index < -0.39 is 47.5 Å². The fourth-order valence-electron chi connectivity index (χ4n) is 5.02. The highest BCUT2D eigenvalue weighted by Crippen LogP contribution is 2.70. The maximum Gasteiger partial charge on any atom is 0.187 e. The van der Waals surface area contributed by atoms with Crippen molar-refractivity contribution in [1.29, 1.82) is 0 Å². The van der Waals surface area contributed by atoms with Gasteiger partial charge in [-0.15, -0.1) is 0 Å². The Bertz CT molecular complexity index is 552. The second kappa shape index (κ2) is 3.75. The fraction of sp³-hybridized carbons (Fsp3) is 0.800. The largest absolute Gasteiger partial charge is 0.396 e. The summed E-state index contributed by atoms with van der Waals surface area (Å²) in [6, 6.07) is 0. The van der Waals surface area contributed by atoms with Crippen LogP contribution in [0.3, 0.4) is 0 Å². The number of aliphatic hydroxyl groups is 3. The summed E-state index contributed by atoms with van der Waals surface area (Å²) in [5, 5.41) is 31.1. The van der Waals surface area contributed by atoms with Crippen LogP contribution in [0.15, 0.2) is 11.6 Å². The smallest absolute Gasteiger partial charge is 0.187 e. The van der Waals surface area contributed by atoms with Crippen molar-refractivity contribution in [3.05, 3.63) is 11.6 Å². The van der Waals surface area contributed by atoms with Gasteiger partial charge in [-0.25, -0.2) is 0 Å². The molecule has 3 unspecified atom stereocenters. The van der Waals surface area contributed by atoms with Crippen LogP contribution in [0.4, 0.5) is 0 Å². The zero-order valence-electron chi connectivity index (χ0n) is 12.1. The van der Waals surface area contributed by atoms with E-state index in [2.05, 4.69) is 0 Å². The molecule has 4 aliphatic rings. The van der Waals surface area contributed by atoms with Crippen LogP contribution in [0, 0.1) is 10.8 Å². The molecule has 21 heavy (non-hydrogen) atoms. The maximum absolute atomic E-state index is 12.3. The van der Waals surface area contributed by atoms with Gasteiger partial charge in [-0.2, -0.15) is 0 Å². The molecular weight excluding hydrogens is 276 g/mol. The highest BCUT2D eigenvalue weighted by Gasteiger charge is 2.83. The van der Waals surface area contributed by atoms with Crippen molar-refractivity contribution in [1.82, 2.24) is 0 Å². The first-order chi connectivity index (χ1) is 9.84. The summed E-state index contributed by atoms with van der Waals surface area (Å²) in [5.74, 6) is -0.388. The van der Waals surface area contributed by atoms with Gasteiger partial charge in [0.25, 0.3) is 0 Å². The Balaban J connectivity index is 1.95. The normalized spacial score (nSPS) is 58.1. The first-order valence-corrected chi connectivity index (χ1v) is 7.33. The Morgan fingerprint density at radius 3 is 2.67 bits per heavy atom. The number of carbonyl (C=O) groups excluding carboxylic acids is 1. The number of epoxide rings is 1. The summed E-state index contributed by atoms with van der Waals surface area (Å²) in [4.78, 5) is 12.3. The Hall–Kier alpha value is -0.790. The van der Waals surface area contributed by atoms with E-state index in [1.54, 1.807) is 13.0 Å². The number of aliphatic hydroxyl groups excluding tert-OH is 3. The van der Waals surface area contributed by atoms with E-state index in [1.165, 1.54) is 0 Å². The topological polar surface area (TPSA) is 99.5 Å². The molecule has 3 N–H and O–H groups in total. The van der Waals surface area contributed by atoms with Crippen LogP contribution in [0.1, 0.15) is 20.3 Å². The number of ketones is 1. The van der Waals surface area contributed by atoms with Gasteiger partial charge in [-0.05, 0) is 25.0 Å². The number of hydrogen-bond acceptors (Lipinski definition) is 6. The van der Waals surface area contributed by atoms with E-state index in [-0.39, 0.29) is 5.78 Å². The quantitative estimate of drug-likeness (QED) is 0.546. The lowest BCUT2D eigenvalue weighted by molar-refractivity contribution is -0.244. The summed E-state index contributed by atoms with van der Waals surface area (Å²) in [6.45, 7) is 3.55. The van der Waals surface area contributed by atoms with E-state index in [9.17, 15) is 20.1 Å². The van der Waals surface area contributed by atoms with Crippen LogP contribution in [0.5, 0.6) is 0 Å². The molecule has 0 radical (unpaired) electrons. The van der Waals surface area contributed by atoms with Crippen LogP contribution in [0.25, 0.3) is 0 Å². The summed E-state index contributed by atoms with van der Waals surface area (Å²) < 4.78 is 11.6. The minimum absolute atomic E-state index is 0.339. The molecule has 4 rings (SSSR count). The molecule has 6 heteroatoms. The van der Waals surface area contributed by atoms with Gasteiger partial charge < -0.3 is 24.8 Å². The summed E-state index contributed by atoms with van der Waals surface area (Å²) in [6.07, 6.45) is -1.14. The maximum atomic E-state index is 12.3. The lowest BCUT2D eigenvalue weighted by Gasteiger charge is -2.58. The number of rotatable bonds is 1. The molecule has 2 saturated heterocycles. The molecule has 7 atom stereocenters. The van der Waals surface area contributed by atoms with E-state index in [1.807, 2.05) is 6.92 Å². The van der Waals surface area contributed by atoms with Crippen LogP contribution >= 0.6 is 0 Å². The highest BCUT2D eigenvalue weighted by molar-refractivity contribution is 6.00. The Kier molecular flexibility index (Phi) is 2.47. The van der Waals surface area contributed by atoms with Crippen molar-refractivity contribution in [3.8, 4) is 0 Å². The second-order valence-electron chi connectivity index (χ2n) is 7.07. The predicted molar refractivity (Wildman–Crippen MR) is 70.4 cm³/mol. The summed E-state index contributed by atoms with van der Waals surface area (Å²) >= 11 is 0. The standard InChI is InChI=1S/C15H20O6/c1-7-3-9-14(5-16,11(19)10(7)18)13(2)4-8(17)12(21-9)15(13)6-20-15/h3,8-9,11-12,16-17,19H,4-6H2,1-2H3/t8-,9?,11-,12?,13-,14-,15?/m1/s1. The average Bonchev–Trinajstić information content (AvgIpc) is 3.20. The minimum Gasteiger partial charge on any atom is -0.396 e. The Labute approximate surface area is 122 Å². The van der Waals surface area contributed by atoms with Gasteiger partial charge in [0.2, 0.25) is 0 Å². The molecule has 1 spiro atoms. The highest BCUT2D eigenvalue weighted by atomic mass is 16.6. The molecule has 2 heterocycles. The molecule has 1 saturated carbocycles. The number of fused-ring (bicyclic) bond motifs is 2. The summed E-state index contributed by atoms with van der Waals surface area (Å²) in [7, 11) is 0. The van der Waals surface area contributed by atoms with Crippen molar-refractivity contribution in [2.45, 2.75) is 50.3 Å². The van der Waals surface area contributed by atoms with Crippen molar-refractivity contribution < 1.29 is 29.6 Å². The molecule has 0 aromatic carbocycles. The molecular formula is C15H20O6. The lowest BCUT2D eigenvalue weighted by atomic mass is 9.50. The van der Waals surface area contributed by atoms with Crippen LogP contribution in [-0.2, 0) is 14.3 Å². The van der Waals surface area contributed by atoms with Gasteiger partial charge in [0.15, 0.2) is 5.78 Å². The third kappa shape index (κ3) is 1.22. The predicted octanol–water partition coefficient (Wildman–Crippen LogP) is -0.838. The molecule has 0 amide bonds. The lowest BCUT2D eigenvalue weighted by Crippen LogP contribution is -2.70.